The first-order valence-corrected chi connectivity index (χ1v) is 8.34. The lowest BCUT2D eigenvalue weighted by molar-refractivity contribution is 0.195. The number of aliphatic imine (C=N–C) groups is 1. The van der Waals surface area contributed by atoms with Gasteiger partial charge in [-0.05, 0) is 47.9 Å². The molecule has 0 heterocycles. The van der Waals surface area contributed by atoms with Crippen LogP contribution in [-0.2, 0) is 11.3 Å². The van der Waals surface area contributed by atoms with E-state index in [1.807, 2.05) is 12.1 Å². The molecule has 0 aliphatic rings. The molecule has 0 bridgehead atoms. The molecule has 0 unspecified atom stereocenters. The summed E-state index contributed by atoms with van der Waals surface area (Å²) in [7, 11) is 3.40. The van der Waals surface area contributed by atoms with Gasteiger partial charge in [-0.2, -0.15) is 0 Å². The molecular weight excluding hydrogens is 429 g/mol. The minimum absolute atomic E-state index is 0. The average molecular weight is 457 g/mol. The molecule has 0 aliphatic heterocycles. The van der Waals surface area contributed by atoms with Crippen LogP contribution in [0.1, 0.15) is 18.9 Å². The van der Waals surface area contributed by atoms with Crippen molar-refractivity contribution in [2.75, 3.05) is 33.9 Å². The Hall–Kier alpha value is -1.54. The molecule has 2 N–H and O–H groups in total. The topological polar surface area (TPSA) is 54.9 Å². The van der Waals surface area contributed by atoms with Crippen LogP contribution in [0.5, 0.6) is 5.75 Å². The van der Waals surface area contributed by atoms with E-state index in [-0.39, 0.29) is 24.0 Å². The predicted octanol–water partition coefficient (Wildman–Crippen LogP) is 3.56. The first kappa shape index (κ1) is 21.5. The van der Waals surface area contributed by atoms with Gasteiger partial charge in [0.15, 0.2) is 5.96 Å². The zero-order valence-corrected chi connectivity index (χ0v) is 17.5. The number of nitrogens with zero attached hydrogens (tertiary/aromatic N) is 1. The summed E-state index contributed by atoms with van der Waals surface area (Å²) in [5, 5.41) is 8.95. The molecule has 0 radical (unpaired) electrons. The van der Waals surface area contributed by atoms with E-state index in [1.165, 1.54) is 16.3 Å². The van der Waals surface area contributed by atoms with Crippen molar-refractivity contribution in [3.8, 4) is 5.75 Å². The highest BCUT2D eigenvalue weighted by Gasteiger charge is 2.00. The summed E-state index contributed by atoms with van der Waals surface area (Å²) in [4.78, 5) is 4.65. The van der Waals surface area contributed by atoms with E-state index in [4.69, 9.17) is 9.47 Å². The number of guanidine groups is 1. The van der Waals surface area contributed by atoms with Gasteiger partial charge in [-0.3, -0.25) is 0 Å². The largest absolute Gasteiger partial charge is 0.497 e. The zero-order chi connectivity index (χ0) is 17.2. The smallest absolute Gasteiger partial charge is 0.191 e. The predicted molar refractivity (Wildman–Crippen MR) is 115 cm³/mol. The van der Waals surface area contributed by atoms with E-state index in [0.29, 0.717) is 6.54 Å². The number of ether oxygens (including phenoxy) is 2. The number of nitrogens with one attached hydrogen (secondary N) is 2. The Kier molecular flexibility index (Phi) is 10.3. The van der Waals surface area contributed by atoms with Crippen molar-refractivity contribution in [3.63, 3.8) is 0 Å². The maximum atomic E-state index is 5.27. The van der Waals surface area contributed by atoms with Gasteiger partial charge >= 0.3 is 0 Å². The maximum Gasteiger partial charge on any atom is 0.191 e. The quantitative estimate of drug-likeness (QED) is 0.276. The van der Waals surface area contributed by atoms with Gasteiger partial charge in [0.25, 0.3) is 0 Å². The van der Waals surface area contributed by atoms with Gasteiger partial charge < -0.3 is 20.1 Å². The average Bonchev–Trinajstić information content (AvgIpc) is 2.62. The summed E-state index contributed by atoms with van der Waals surface area (Å²) in [5.41, 5.74) is 1.18. The molecular formula is C19H28IN3O2. The maximum absolute atomic E-state index is 5.27. The molecule has 0 saturated carbocycles. The number of methoxy groups -OCH3 is 2. The van der Waals surface area contributed by atoms with E-state index in [1.54, 1.807) is 14.2 Å². The molecule has 0 spiro atoms. The van der Waals surface area contributed by atoms with Crippen LogP contribution in [0.3, 0.4) is 0 Å². The Bertz CT molecular complexity index is 677. The number of rotatable bonds is 8. The Morgan fingerprint density at radius 3 is 2.52 bits per heavy atom. The SMILES string of the molecule is CCNC(=NCc1ccc2cc(OC)ccc2c1)NCCCOC.I. The molecule has 5 nitrogen and oxygen atoms in total. The lowest BCUT2D eigenvalue weighted by atomic mass is 10.1. The van der Waals surface area contributed by atoms with Gasteiger partial charge in [0.05, 0.1) is 13.7 Å². The van der Waals surface area contributed by atoms with Gasteiger partial charge in [-0.15, -0.1) is 24.0 Å². The molecule has 0 saturated heterocycles. The third kappa shape index (κ3) is 7.07. The molecule has 0 amide bonds. The molecule has 0 atom stereocenters. The van der Waals surface area contributed by atoms with Crippen molar-refractivity contribution in [2.45, 2.75) is 19.9 Å². The monoisotopic (exact) mass is 457 g/mol. The van der Waals surface area contributed by atoms with Crippen molar-refractivity contribution >= 4 is 40.7 Å². The van der Waals surface area contributed by atoms with Crippen molar-refractivity contribution in [2.24, 2.45) is 4.99 Å². The molecule has 2 rings (SSSR count). The summed E-state index contributed by atoms with van der Waals surface area (Å²) in [6.07, 6.45) is 0.957. The van der Waals surface area contributed by atoms with Gasteiger partial charge in [-0.25, -0.2) is 4.99 Å². The third-order valence-corrected chi connectivity index (χ3v) is 3.69. The molecule has 138 valence electrons. The lowest BCUT2D eigenvalue weighted by Crippen LogP contribution is -2.38. The van der Waals surface area contributed by atoms with Gasteiger partial charge in [0, 0.05) is 26.8 Å². The lowest BCUT2D eigenvalue weighted by Gasteiger charge is -2.11. The van der Waals surface area contributed by atoms with E-state index in [2.05, 4.69) is 46.8 Å². The van der Waals surface area contributed by atoms with Crippen molar-refractivity contribution in [1.82, 2.24) is 10.6 Å². The summed E-state index contributed by atoms with van der Waals surface area (Å²) in [6.45, 7) is 5.14. The number of benzene rings is 2. The zero-order valence-electron chi connectivity index (χ0n) is 15.2. The van der Waals surface area contributed by atoms with Crippen LogP contribution in [0.25, 0.3) is 10.8 Å². The van der Waals surface area contributed by atoms with Crippen molar-refractivity contribution in [3.05, 3.63) is 42.0 Å². The van der Waals surface area contributed by atoms with Crippen molar-refractivity contribution in [1.29, 1.82) is 0 Å². The van der Waals surface area contributed by atoms with Crippen LogP contribution in [0, 0.1) is 0 Å². The van der Waals surface area contributed by atoms with Gasteiger partial charge in [-0.1, -0.05) is 18.2 Å². The Morgan fingerprint density at radius 1 is 1.04 bits per heavy atom. The van der Waals surface area contributed by atoms with E-state index in [9.17, 15) is 0 Å². The second-order valence-corrected chi connectivity index (χ2v) is 5.52. The minimum atomic E-state index is 0. The molecule has 6 heteroatoms. The highest BCUT2D eigenvalue weighted by molar-refractivity contribution is 14.0. The summed E-state index contributed by atoms with van der Waals surface area (Å²) in [6, 6.07) is 12.5. The van der Waals surface area contributed by atoms with Crippen LogP contribution in [0.15, 0.2) is 41.4 Å². The normalized spacial score (nSPS) is 11.1. The molecule has 2 aromatic rings. The van der Waals surface area contributed by atoms with Gasteiger partial charge in [0.1, 0.15) is 5.75 Å². The van der Waals surface area contributed by atoms with Crippen molar-refractivity contribution < 1.29 is 9.47 Å². The number of hydrogen-bond donors (Lipinski definition) is 2. The second-order valence-electron chi connectivity index (χ2n) is 5.52. The fraction of sp³-hybridized carbons (Fsp3) is 0.421. The number of hydrogen-bond acceptors (Lipinski definition) is 3. The van der Waals surface area contributed by atoms with E-state index in [0.717, 1.165) is 37.8 Å². The van der Waals surface area contributed by atoms with Crippen LogP contribution in [0.2, 0.25) is 0 Å². The molecule has 25 heavy (non-hydrogen) atoms. The highest BCUT2D eigenvalue weighted by atomic mass is 127. The number of fused-ring (bicyclic) bond motifs is 1. The van der Waals surface area contributed by atoms with Crippen LogP contribution < -0.4 is 15.4 Å². The minimum Gasteiger partial charge on any atom is -0.497 e. The van der Waals surface area contributed by atoms with Crippen LogP contribution >= 0.6 is 24.0 Å². The third-order valence-electron chi connectivity index (χ3n) is 3.69. The van der Waals surface area contributed by atoms with Crippen LogP contribution in [-0.4, -0.2) is 39.9 Å². The van der Waals surface area contributed by atoms with Gasteiger partial charge in [0.2, 0.25) is 0 Å². The standard InChI is InChI=1S/C19H27N3O2.HI/c1-4-20-19(21-10-5-11-23-2)22-14-15-6-7-17-13-18(24-3)9-8-16(17)12-15;/h6-9,12-13H,4-5,10-11,14H2,1-3H3,(H2,20,21,22);1H. The Balaban J connectivity index is 0.00000312. The summed E-state index contributed by atoms with van der Waals surface area (Å²) >= 11 is 0. The number of halogens is 1. The first-order valence-electron chi connectivity index (χ1n) is 8.34. The summed E-state index contributed by atoms with van der Waals surface area (Å²) in [5.74, 6) is 1.71. The molecule has 2 aromatic carbocycles. The highest BCUT2D eigenvalue weighted by Crippen LogP contribution is 2.22. The van der Waals surface area contributed by atoms with Crippen LogP contribution in [0.4, 0.5) is 0 Å². The second kappa shape index (κ2) is 11.9. The molecule has 0 aliphatic carbocycles. The Morgan fingerprint density at radius 2 is 1.80 bits per heavy atom. The fourth-order valence-corrected chi connectivity index (χ4v) is 2.43. The van der Waals surface area contributed by atoms with E-state index >= 15 is 0 Å². The first-order chi connectivity index (χ1) is 11.8. The fourth-order valence-electron chi connectivity index (χ4n) is 2.43. The molecule has 0 fully saturated rings. The van der Waals surface area contributed by atoms with E-state index < -0.39 is 0 Å². The molecule has 0 aromatic heterocycles. The Labute approximate surface area is 167 Å². The summed E-state index contributed by atoms with van der Waals surface area (Å²) < 4.78 is 10.3.